The van der Waals surface area contributed by atoms with Gasteiger partial charge in [0.25, 0.3) is 0 Å². The number of hydrogen-bond acceptors (Lipinski definition) is 3. The fourth-order valence-corrected chi connectivity index (χ4v) is 1.53. The lowest BCUT2D eigenvalue weighted by Crippen LogP contribution is -2.42. The Morgan fingerprint density at radius 1 is 1.10 bits per heavy atom. The Bertz CT molecular complexity index is 437. The van der Waals surface area contributed by atoms with E-state index in [9.17, 15) is 9.59 Å². The van der Waals surface area contributed by atoms with E-state index in [1.165, 1.54) is 0 Å². The molecule has 0 spiro atoms. The normalized spacial score (nSPS) is 9.90. The second-order valence-corrected chi connectivity index (χ2v) is 4.59. The number of carbonyl (C=O) groups is 2. The van der Waals surface area contributed by atoms with Crippen molar-refractivity contribution in [2.75, 3.05) is 19.6 Å². The summed E-state index contributed by atoms with van der Waals surface area (Å²) >= 11 is 5.76. The lowest BCUT2D eigenvalue weighted by molar-refractivity contribution is -0.120. The van der Waals surface area contributed by atoms with Crippen LogP contribution in [0.1, 0.15) is 12.0 Å². The first-order chi connectivity index (χ1) is 9.61. The summed E-state index contributed by atoms with van der Waals surface area (Å²) in [5.41, 5.74) is 6.23. The van der Waals surface area contributed by atoms with E-state index in [0.29, 0.717) is 31.1 Å². The van der Waals surface area contributed by atoms with Crippen molar-refractivity contribution in [2.45, 2.75) is 13.0 Å². The topological polar surface area (TPSA) is 96.2 Å². The minimum Gasteiger partial charge on any atom is -0.355 e. The monoisotopic (exact) mass is 298 g/mol. The van der Waals surface area contributed by atoms with Crippen LogP contribution < -0.4 is 21.7 Å². The molecule has 7 heteroatoms. The zero-order valence-electron chi connectivity index (χ0n) is 11.1. The van der Waals surface area contributed by atoms with E-state index in [2.05, 4.69) is 16.0 Å². The Morgan fingerprint density at radius 2 is 1.80 bits per heavy atom. The number of nitrogens with two attached hydrogens (primary N) is 1. The van der Waals surface area contributed by atoms with Crippen molar-refractivity contribution < 1.29 is 9.59 Å². The maximum absolute atomic E-state index is 11.5. The molecule has 0 heterocycles. The third-order valence-electron chi connectivity index (χ3n) is 2.48. The molecule has 6 nitrogen and oxygen atoms in total. The Hall–Kier alpha value is -1.79. The van der Waals surface area contributed by atoms with Gasteiger partial charge in [0, 0.05) is 18.1 Å². The zero-order chi connectivity index (χ0) is 14.8. The molecule has 0 aromatic heterocycles. The van der Waals surface area contributed by atoms with Crippen LogP contribution in [0.4, 0.5) is 4.79 Å². The van der Waals surface area contributed by atoms with Crippen LogP contribution in [-0.2, 0) is 11.3 Å². The van der Waals surface area contributed by atoms with Gasteiger partial charge in [0.1, 0.15) is 0 Å². The highest BCUT2D eigenvalue weighted by molar-refractivity contribution is 6.30. The molecule has 0 atom stereocenters. The molecule has 0 saturated carbocycles. The molecule has 1 aromatic rings. The molecular formula is C13H19ClN4O2. The average molecular weight is 299 g/mol. The largest absolute Gasteiger partial charge is 0.355 e. The summed E-state index contributed by atoms with van der Waals surface area (Å²) in [5, 5.41) is 8.41. The quantitative estimate of drug-likeness (QED) is 0.555. The van der Waals surface area contributed by atoms with Crippen LogP contribution in [0.3, 0.4) is 0 Å². The van der Waals surface area contributed by atoms with E-state index < -0.39 is 6.03 Å². The van der Waals surface area contributed by atoms with Crippen molar-refractivity contribution in [3.63, 3.8) is 0 Å². The van der Waals surface area contributed by atoms with E-state index in [1.54, 1.807) is 12.1 Å². The Kier molecular flexibility index (Phi) is 7.46. The van der Waals surface area contributed by atoms with Crippen molar-refractivity contribution in [3.05, 3.63) is 34.9 Å². The van der Waals surface area contributed by atoms with E-state index in [1.807, 2.05) is 12.1 Å². The van der Waals surface area contributed by atoms with Crippen LogP contribution in [-0.4, -0.2) is 31.6 Å². The molecular weight excluding hydrogens is 280 g/mol. The van der Waals surface area contributed by atoms with Crippen LogP contribution in [0, 0.1) is 0 Å². The molecule has 0 aliphatic carbocycles. The first kappa shape index (κ1) is 16.3. The third kappa shape index (κ3) is 6.96. The Labute approximate surface area is 123 Å². The number of benzene rings is 1. The summed E-state index contributed by atoms with van der Waals surface area (Å²) in [6, 6.07) is 6.75. The van der Waals surface area contributed by atoms with Gasteiger partial charge in [-0.3, -0.25) is 4.79 Å². The lowest BCUT2D eigenvalue weighted by Gasteiger charge is -2.08. The predicted molar refractivity (Wildman–Crippen MR) is 78.4 cm³/mol. The predicted octanol–water partition coefficient (Wildman–Crippen LogP) is 0.604. The number of hydrogen-bond donors (Lipinski definition) is 4. The van der Waals surface area contributed by atoms with Crippen LogP contribution >= 0.6 is 11.6 Å². The molecule has 20 heavy (non-hydrogen) atoms. The number of nitrogens with one attached hydrogen (secondary N) is 3. The molecule has 0 saturated heterocycles. The molecule has 0 bridgehead atoms. The van der Waals surface area contributed by atoms with Crippen LogP contribution in [0.25, 0.3) is 0 Å². The summed E-state index contributed by atoms with van der Waals surface area (Å²) in [6.07, 6.45) is 0.717. The number of amides is 3. The van der Waals surface area contributed by atoms with E-state index >= 15 is 0 Å². The third-order valence-corrected chi connectivity index (χ3v) is 2.73. The molecule has 1 rings (SSSR count). The van der Waals surface area contributed by atoms with Gasteiger partial charge in [-0.05, 0) is 30.7 Å². The minimum absolute atomic E-state index is 0.0585. The summed E-state index contributed by atoms with van der Waals surface area (Å²) in [6.45, 7) is 1.35. The van der Waals surface area contributed by atoms with Crippen molar-refractivity contribution in [1.29, 1.82) is 0 Å². The minimum atomic E-state index is -0.395. The van der Waals surface area contributed by atoms with E-state index in [0.717, 1.165) is 5.56 Å². The molecule has 1 aromatic carbocycles. The fourth-order valence-electron chi connectivity index (χ4n) is 1.40. The SMILES string of the molecule is NCCCNC(=O)CNC(=O)NCc1ccc(Cl)cc1. The van der Waals surface area contributed by atoms with Crippen LogP contribution in [0.5, 0.6) is 0 Å². The van der Waals surface area contributed by atoms with Crippen molar-refractivity contribution in [2.24, 2.45) is 5.73 Å². The van der Waals surface area contributed by atoms with Gasteiger partial charge in [-0.15, -0.1) is 0 Å². The van der Waals surface area contributed by atoms with Gasteiger partial charge in [-0.2, -0.15) is 0 Å². The fraction of sp³-hybridized carbons (Fsp3) is 0.385. The highest BCUT2D eigenvalue weighted by Gasteiger charge is 2.04. The summed E-state index contributed by atoms with van der Waals surface area (Å²) in [4.78, 5) is 22.8. The number of rotatable bonds is 7. The van der Waals surface area contributed by atoms with Gasteiger partial charge in [0.2, 0.25) is 5.91 Å². The molecule has 3 amide bonds. The molecule has 0 aliphatic rings. The number of carbonyl (C=O) groups excluding carboxylic acids is 2. The number of urea groups is 1. The van der Waals surface area contributed by atoms with Crippen LogP contribution in [0.15, 0.2) is 24.3 Å². The molecule has 110 valence electrons. The second-order valence-electron chi connectivity index (χ2n) is 4.15. The number of halogens is 1. The molecule has 0 fully saturated rings. The first-order valence-electron chi connectivity index (χ1n) is 6.34. The summed E-state index contributed by atoms with van der Waals surface area (Å²) < 4.78 is 0. The lowest BCUT2D eigenvalue weighted by atomic mass is 10.2. The first-order valence-corrected chi connectivity index (χ1v) is 6.72. The molecule has 0 radical (unpaired) electrons. The van der Waals surface area contributed by atoms with Crippen molar-refractivity contribution in [3.8, 4) is 0 Å². The molecule has 5 N–H and O–H groups in total. The summed E-state index contributed by atoms with van der Waals surface area (Å²) in [5.74, 6) is -0.236. The van der Waals surface area contributed by atoms with Crippen molar-refractivity contribution >= 4 is 23.5 Å². The average Bonchev–Trinajstić information content (AvgIpc) is 2.45. The van der Waals surface area contributed by atoms with E-state index in [4.69, 9.17) is 17.3 Å². The van der Waals surface area contributed by atoms with Crippen LogP contribution in [0.2, 0.25) is 5.02 Å². The smallest absolute Gasteiger partial charge is 0.315 e. The zero-order valence-corrected chi connectivity index (χ0v) is 11.9. The Balaban J connectivity index is 2.17. The van der Waals surface area contributed by atoms with Gasteiger partial charge in [0.15, 0.2) is 0 Å². The van der Waals surface area contributed by atoms with Gasteiger partial charge < -0.3 is 21.7 Å². The second kappa shape index (κ2) is 9.17. The maximum atomic E-state index is 11.5. The van der Waals surface area contributed by atoms with Gasteiger partial charge in [-0.1, -0.05) is 23.7 Å². The van der Waals surface area contributed by atoms with E-state index in [-0.39, 0.29) is 12.5 Å². The van der Waals surface area contributed by atoms with Crippen molar-refractivity contribution in [1.82, 2.24) is 16.0 Å². The van der Waals surface area contributed by atoms with Gasteiger partial charge in [-0.25, -0.2) is 4.79 Å². The van der Waals surface area contributed by atoms with Gasteiger partial charge in [0.05, 0.1) is 6.54 Å². The summed E-state index contributed by atoms with van der Waals surface area (Å²) in [7, 11) is 0. The highest BCUT2D eigenvalue weighted by Crippen LogP contribution is 2.08. The van der Waals surface area contributed by atoms with Gasteiger partial charge >= 0.3 is 6.03 Å². The molecule has 0 aliphatic heterocycles. The standard InChI is InChI=1S/C13H19ClN4O2/c14-11-4-2-10(3-5-11)8-17-13(20)18-9-12(19)16-7-1-6-15/h2-5H,1,6-9,15H2,(H,16,19)(H2,17,18,20). The Morgan fingerprint density at radius 3 is 2.45 bits per heavy atom. The molecule has 0 unspecified atom stereocenters. The maximum Gasteiger partial charge on any atom is 0.315 e. The highest BCUT2D eigenvalue weighted by atomic mass is 35.5.